The highest BCUT2D eigenvalue weighted by molar-refractivity contribution is 7.17. The van der Waals surface area contributed by atoms with Crippen molar-refractivity contribution in [3.8, 4) is 16.2 Å². The van der Waals surface area contributed by atoms with E-state index in [0.29, 0.717) is 4.88 Å². The van der Waals surface area contributed by atoms with Crippen LogP contribution in [0.5, 0.6) is 5.75 Å². The molecule has 1 heterocycles. The maximum absolute atomic E-state index is 12.8. The Bertz CT molecular complexity index is 1280. The number of anilines is 1. The van der Waals surface area contributed by atoms with Crippen molar-refractivity contribution in [2.24, 2.45) is 0 Å². The second-order valence-corrected chi connectivity index (χ2v) is 7.91. The van der Waals surface area contributed by atoms with Crippen molar-refractivity contribution in [2.45, 2.75) is 6.92 Å². The van der Waals surface area contributed by atoms with Crippen LogP contribution in [0.1, 0.15) is 25.6 Å². The number of carbonyl (C=O) groups excluding carboxylic acids is 1. The summed E-state index contributed by atoms with van der Waals surface area (Å²) in [4.78, 5) is 25.7. The molecule has 3 aromatic carbocycles. The van der Waals surface area contributed by atoms with Gasteiger partial charge >= 0.3 is 5.97 Å². The molecule has 1 amide bonds. The summed E-state index contributed by atoms with van der Waals surface area (Å²) in [6, 6.07) is 20.3. The van der Waals surface area contributed by atoms with Crippen molar-refractivity contribution in [2.75, 3.05) is 12.4 Å². The first-order valence-electron chi connectivity index (χ1n) is 9.28. The number of nitrogens with one attached hydrogen (secondary N) is 1. The fourth-order valence-electron chi connectivity index (χ4n) is 3.34. The van der Waals surface area contributed by atoms with Crippen LogP contribution >= 0.6 is 11.3 Å². The second kappa shape index (κ2) is 8.00. The number of fused-ring (bicyclic) bond motifs is 1. The average Bonchev–Trinajstić information content (AvgIpc) is 3.15. The molecule has 5 nitrogen and oxygen atoms in total. The minimum atomic E-state index is -1.08. The Morgan fingerprint density at radius 3 is 2.47 bits per heavy atom. The summed E-state index contributed by atoms with van der Waals surface area (Å²) >= 11 is 1.39. The van der Waals surface area contributed by atoms with E-state index in [1.807, 2.05) is 43.3 Å². The third-order valence-corrected chi connectivity index (χ3v) is 6.14. The first-order chi connectivity index (χ1) is 14.5. The van der Waals surface area contributed by atoms with Crippen LogP contribution in [0, 0.1) is 6.92 Å². The number of amides is 1. The molecule has 150 valence electrons. The van der Waals surface area contributed by atoms with Crippen LogP contribution in [0.15, 0.2) is 66.7 Å². The lowest BCUT2D eigenvalue weighted by molar-refractivity contribution is 0.0698. The summed E-state index contributed by atoms with van der Waals surface area (Å²) < 4.78 is 5.28. The second-order valence-electron chi connectivity index (χ2n) is 6.86. The van der Waals surface area contributed by atoms with Crippen LogP contribution in [0.4, 0.5) is 5.69 Å². The van der Waals surface area contributed by atoms with Gasteiger partial charge in [0.2, 0.25) is 0 Å². The average molecular weight is 417 g/mol. The molecule has 0 saturated heterocycles. The van der Waals surface area contributed by atoms with Crippen molar-refractivity contribution in [3.63, 3.8) is 0 Å². The molecule has 0 aliphatic carbocycles. The Labute approximate surface area is 177 Å². The standard InChI is InChI=1S/C24H19NO4S/c1-14-11-21(23(26)25-20-6-4-3-5-19(20)24(27)28)30-22(14)17-8-7-16-13-18(29-2)10-9-15(16)12-17/h3-13H,1-2H3,(H,25,26)(H,27,28). The lowest BCUT2D eigenvalue weighted by atomic mass is 10.0. The predicted octanol–water partition coefficient (Wildman–Crippen LogP) is 5.84. The van der Waals surface area contributed by atoms with E-state index in [-0.39, 0.29) is 17.2 Å². The van der Waals surface area contributed by atoms with Crippen molar-refractivity contribution >= 4 is 39.7 Å². The van der Waals surface area contributed by atoms with Crippen LogP contribution < -0.4 is 10.1 Å². The van der Waals surface area contributed by atoms with Gasteiger partial charge in [0.15, 0.2) is 0 Å². The Morgan fingerprint density at radius 2 is 1.70 bits per heavy atom. The summed E-state index contributed by atoms with van der Waals surface area (Å²) in [5.74, 6) is -0.599. The van der Waals surface area contributed by atoms with Crippen molar-refractivity contribution < 1.29 is 19.4 Å². The number of hydrogen-bond acceptors (Lipinski definition) is 4. The molecule has 0 unspecified atom stereocenters. The van der Waals surface area contributed by atoms with Crippen molar-refractivity contribution in [1.82, 2.24) is 0 Å². The lowest BCUT2D eigenvalue weighted by Crippen LogP contribution is -2.13. The van der Waals surface area contributed by atoms with Crippen LogP contribution in [-0.4, -0.2) is 24.1 Å². The molecule has 0 fully saturated rings. The summed E-state index contributed by atoms with van der Waals surface area (Å²) in [5, 5.41) is 14.2. The third-order valence-electron chi connectivity index (χ3n) is 4.86. The number of para-hydroxylation sites is 1. The molecule has 0 aliphatic heterocycles. The van der Waals surface area contributed by atoms with Gasteiger partial charge in [0.05, 0.1) is 23.2 Å². The van der Waals surface area contributed by atoms with Gasteiger partial charge in [0.25, 0.3) is 5.91 Å². The Morgan fingerprint density at radius 1 is 0.967 bits per heavy atom. The van der Waals surface area contributed by atoms with Crippen molar-refractivity contribution in [3.05, 3.63) is 82.7 Å². The van der Waals surface area contributed by atoms with E-state index < -0.39 is 5.97 Å². The number of carboxylic acids is 1. The third kappa shape index (κ3) is 3.77. The number of rotatable bonds is 5. The predicted molar refractivity (Wildman–Crippen MR) is 120 cm³/mol. The Balaban J connectivity index is 1.64. The van der Waals surface area contributed by atoms with Gasteiger partial charge in [-0.15, -0.1) is 11.3 Å². The van der Waals surface area contributed by atoms with Gasteiger partial charge in [0, 0.05) is 4.88 Å². The normalized spacial score (nSPS) is 10.7. The largest absolute Gasteiger partial charge is 0.497 e. The zero-order valence-electron chi connectivity index (χ0n) is 16.4. The molecular weight excluding hydrogens is 398 g/mol. The highest BCUT2D eigenvalue weighted by Gasteiger charge is 2.17. The smallest absolute Gasteiger partial charge is 0.337 e. The van der Waals surface area contributed by atoms with Gasteiger partial charge in [-0.2, -0.15) is 0 Å². The molecule has 4 aromatic rings. The number of carboxylic acid groups (broad SMARTS) is 1. The van der Waals surface area contributed by atoms with E-state index in [4.69, 9.17) is 4.74 Å². The van der Waals surface area contributed by atoms with Gasteiger partial charge in [-0.25, -0.2) is 4.79 Å². The van der Waals surface area contributed by atoms with Crippen molar-refractivity contribution in [1.29, 1.82) is 0 Å². The molecule has 0 atom stereocenters. The molecule has 0 bridgehead atoms. The summed E-state index contributed by atoms with van der Waals surface area (Å²) in [5.41, 5.74) is 2.36. The van der Waals surface area contributed by atoms with Crippen LogP contribution in [0.3, 0.4) is 0 Å². The molecule has 0 aliphatic rings. The van der Waals surface area contributed by atoms with E-state index in [1.54, 1.807) is 25.3 Å². The number of aryl methyl sites for hydroxylation is 1. The minimum Gasteiger partial charge on any atom is -0.497 e. The first-order valence-corrected chi connectivity index (χ1v) is 10.1. The Kier molecular flexibility index (Phi) is 5.25. The number of benzene rings is 3. The fraction of sp³-hybridized carbons (Fsp3) is 0.0833. The van der Waals surface area contributed by atoms with Gasteiger partial charge in [-0.1, -0.05) is 30.3 Å². The van der Waals surface area contributed by atoms with E-state index >= 15 is 0 Å². The molecular formula is C24H19NO4S. The molecule has 0 saturated carbocycles. The highest BCUT2D eigenvalue weighted by Crippen LogP contribution is 2.35. The number of thiophene rings is 1. The van der Waals surface area contributed by atoms with E-state index in [9.17, 15) is 14.7 Å². The molecule has 0 radical (unpaired) electrons. The molecule has 0 spiro atoms. The number of aromatic carboxylic acids is 1. The van der Waals surface area contributed by atoms with Gasteiger partial charge in [-0.3, -0.25) is 4.79 Å². The highest BCUT2D eigenvalue weighted by atomic mass is 32.1. The quantitative estimate of drug-likeness (QED) is 0.428. The fourth-order valence-corrected chi connectivity index (χ4v) is 4.40. The summed E-state index contributed by atoms with van der Waals surface area (Å²) in [6.45, 7) is 1.96. The van der Waals surface area contributed by atoms with Gasteiger partial charge in [0.1, 0.15) is 5.75 Å². The maximum Gasteiger partial charge on any atom is 0.337 e. The molecule has 1 aromatic heterocycles. The number of carbonyl (C=O) groups is 2. The topological polar surface area (TPSA) is 75.6 Å². The zero-order chi connectivity index (χ0) is 21.3. The molecule has 2 N–H and O–H groups in total. The first kappa shape index (κ1) is 19.7. The summed E-state index contributed by atoms with van der Waals surface area (Å²) in [6.07, 6.45) is 0. The number of methoxy groups -OCH3 is 1. The molecule has 6 heteroatoms. The summed E-state index contributed by atoms with van der Waals surface area (Å²) in [7, 11) is 1.64. The monoisotopic (exact) mass is 417 g/mol. The maximum atomic E-state index is 12.8. The minimum absolute atomic E-state index is 0.0595. The van der Waals surface area contributed by atoms with E-state index in [0.717, 1.165) is 32.5 Å². The van der Waals surface area contributed by atoms with Gasteiger partial charge in [-0.05, 0) is 65.2 Å². The zero-order valence-corrected chi connectivity index (χ0v) is 17.2. The van der Waals surface area contributed by atoms with Gasteiger partial charge < -0.3 is 15.2 Å². The Hall–Kier alpha value is -3.64. The lowest BCUT2D eigenvalue weighted by Gasteiger charge is -2.07. The SMILES string of the molecule is COc1ccc2cc(-c3sc(C(=O)Nc4ccccc4C(=O)O)cc3C)ccc2c1. The van der Waals surface area contributed by atoms with E-state index in [1.165, 1.54) is 17.4 Å². The van der Waals surface area contributed by atoms with E-state index in [2.05, 4.69) is 11.4 Å². The van der Waals surface area contributed by atoms with Crippen LogP contribution in [0.2, 0.25) is 0 Å². The molecule has 30 heavy (non-hydrogen) atoms. The number of ether oxygens (including phenoxy) is 1. The molecule has 4 rings (SSSR count). The number of hydrogen-bond donors (Lipinski definition) is 2. The van der Waals surface area contributed by atoms with Crippen LogP contribution in [-0.2, 0) is 0 Å². The van der Waals surface area contributed by atoms with Crippen LogP contribution in [0.25, 0.3) is 21.2 Å².